The molecule has 3 N–H and O–H groups in total. The van der Waals surface area contributed by atoms with Crippen LogP contribution in [0.1, 0.15) is 0 Å². The molecular weight excluding hydrogens is 361 g/mol. The summed E-state index contributed by atoms with van der Waals surface area (Å²) < 4.78 is 24.8. The van der Waals surface area contributed by atoms with E-state index in [1.807, 2.05) is 12.1 Å². The Morgan fingerprint density at radius 1 is 1.18 bits per heavy atom. The Labute approximate surface area is 162 Å². The average Bonchev–Trinajstić information content (AvgIpc) is 2.72. The summed E-state index contributed by atoms with van der Waals surface area (Å²) in [6.45, 7) is 4.78. The maximum Gasteiger partial charge on any atom is 0.215 e. The summed E-state index contributed by atoms with van der Waals surface area (Å²) in [6, 6.07) is 8.24. The molecule has 0 atom stereocenters. The molecule has 2 aromatic heterocycles. The van der Waals surface area contributed by atoms with Crippen molar-refractivity contribution in [3.05, 3.63) is 48.5 Å². The second kappa shape index (κ2) is 8.37. The third kappa shape index (κ3) is 4.29. The van der Waals surface area contributed by atoms with E-state index in [0.717, 1.165) is 49.4 Å². The van der Waals surface area contributed by atoms with Crippen molar-refractivity contribution in [2.24, 2.45) is 0 Å². The molecule has 8 heteroatoms. The molecule has 0 radical (unpaired) electrons. The monoisotopic (exact) mass is 383 g/mol. The van der Waals surface area contributed by atoms with Crippen LogP contribution >= 0.6 is 0 Å². The van der Waals surface area contributed by atoms with Crippen molar-refractivity contribution in [1.82, 2.24) is 14.9 Å². The van der Waals surface area contributed by atoms with Crippen molar-refractivity contribution in [2.45, 2.75) is 0 Å². The van der Waals surface area contributed by atoms with Gasteiger partial charge in [-0.15, -0.1) is 0 Å². The van der Waals surface area contributed by atoms with Crippen molar-refractivity contribution in [1.29, 1.82) is 0 Å². The van der Waals surface area contributed by atoms with Crippen molar-refractivity contribution in [2.75, 3.05) is 50.5 Å². The van der Waals surface area contributed by atoms with E-state index < -0.39 is 5.82 Å². The molecule has 0 aliphatic carbocycles. The highest BCUT2D eigenvalue weighted by Gasteiger charge is 2.11. The molecule has 0 unspecified atom stereocenters. The molecule has 4 rings (SSSR count). The normalized spacial score (nSPS) is 14.9. The topological polar surface area (TPSA) is 85.5 Å². The number of anilines is 3. The largest absolute Gasteiger partial charge is 0.476 e. The van der Waals surface area contributed by atoms with Gasteiger partial charge in [0.15, 0.2) is 0 Å². The molecular formula is C20H22FN5O2. The second-order valence-corrected chi connectivity index (χ2v) is 6.56. The molecule has 7 nitrogen and oxygen atoms in total. The van der Waals surface area contributed by atoms with Crippen molar-refractivity contribution in [3.8, 4) is 5.88 Å². The van der Waals surface area contributed by atoms with E-state index in [1.54, 1.807) is 18.5 Å². The minimum Gasteiger partial charge on any atom is -0.476 e. The molecule has 28 heavy (non-hydrogen) atoms. The van der Waals surface area contributed by atoms with Crippen LogP contribution in [-0.4, -0.2) is 54.3 Å². The minimum absolute atomic E-state index is 0.116. The summed E-state index contributed by atoms with van der Waals surface area (Å²) in [5.74, 6) is 0.0707. The van der Waals surface area contributed by atoms with Gasteiger partial charge >= 0.3 is 0 Å². The van der Waals surface area contributed by atoms with E-state index in [2.05, 4.69) is 20.2 Å². The Hall–Kier alpha value is -2.97. The Morgan fingerprint density at radius 2 is 2.04 bits per heavy atom. The molecule has 0 spiro atoms. The molecule has 0 bridgehead atoms. The first-order valence-electron chi connectivity index (χ1n) is 9.19. The smallest absolute Gasteiger partial charge is 0.215 e. The van der Waals surface area contributed by atoms with Crippen LogP contribution < -0.4 is 15.8 Å². The lowest BCUT2D eigenvalue weighted by atomic mass is 10.2. The number of benzene rings is 1. The Balaban J connectivity index is 1.45. The molecule has 1 saturated heterocycles. The number of fused-ring (bicyclic) bond motifs is 1. The van der Waals surface area contributed by atoms with Gasteiger partial charge in [-0.1, -0.05) is 0 Å². The van der Waals surface area contributed by atoms with Crippen LogP contribution in [0.5, 0.6) is 5.88 Å². The number of nitrogens with two attached hydrogens (primary N) is 1. The number of hydrogen-bond acceptors (Lipinski definition) is 7. The highest BCUT2D eigenvalue weighted by Crippen LogP contribution is 2.27. The lowest BCUT2D eigenvalue weighted by Crippen LogP contribution is -2.38. The molecule has 3 aromatic rings. The highest BCUT2D eigenvalue weighted by molar-refractivity contribution is 5.92. The predicted octanol–water partition coefficient (Wildman–Crippen LogP) is 2.81. The van der Waals surface area contributed by atoms with Crippen LogP contribution in [0.25, 0.3) is 10.9 Å². The molecule has 1 aromatic carbocycles. The summed E-state index contributed by atoms with van der Waals surface area (Å²) in [6.07, 6.45) is 3.40. The van der Waals surface area contributed by atoms with Gasteiger partial charge in [0.05, 0.1) is 30.1 Å². The molecule has 0 saturated carbocycles. The summed E-state index contributed by atoms with van der Waals surface area (Å²) in [4.78, 5) is 11.1. The van der Waals surface area contributed by atoms with Gasteiger partial charge in [-0.3, -0.25) is 9.88 Å². The zero-order valence-electron chi connectivity index (χ0n) is 15.4. The summed E-state index contributed by atoms with van der Waals surface area (Å²) in [5, 5.41) is 4.01. The molecule has 1 aliphatic rings. The average molecular weight is 383 g/mol. The molecule has 3 heterocycles. The quantitative estimate of drug-likeness (QED) is 0.633. The zero-order valence-corrected chi connectivity index (χ0v) is 15.4. The van der Waals surface area contributed by atoms with Crippen LogP contribution in [0.4, 0.5) is 21.5 Å². The van der Waals surface area contributed by atoms with Gasteiger partial charge in [-0.25, -0.2) is 9.37 Å². The van der Waals surface area contributed by atoms with Crippen molar-refractivity contribution >= 4 is 28.0 Å². The number of nitrogens with one attached hydrogen (secondary N) is 1. The third-order valence-electron chi connectivity index (χ3n) is 4.64. The minimum atomic E-state index is -0.461. The van der Waals surface area contributed by atoms with E-state index >= 15 is 0 Å². The molecule has 146 valence electrons. The third-order valence-corrected chi connectivity index (χ3v) is 4.64. The van der Waals surface area contributed by atoms with E-state index in [4.69, 9.17) is 15.2 Å². The highest BCUT2D eigenvalue weighted by atomic mass is 19.1. The van der Waals surface area contributed by atoms with E-state index in [1.165, 1.54) is 12.1 Å². The lowest BCUT2D eigenvalue weighted by molar-refractivity contribution is 0.0320. The van der Waals surface area contributed by atoms with Crippen LogP contribution in [0.2, 0.25) is 0 Å². The Kier molecular flexibility index (Phi) is 5.50. The fourth-order valence-electron chi connectivity index (χ4n) is 3.07. The maximum absolute atomic E-state index is 13.7. The molecule has 1 aliphatic heterocycles. The van der Waals surface area contributed by atoms with Crippen LogP contribution in [0, 0.1) is 5.82 Å². The number of rotatable bonds is 6. The Morgan fingerprint density at radius 3 is 2.86 bits per heavy atom. The Bertz CT molecular complexity index is 962. The predicted molar refractivity (Wildman–Crippen MR) is 106 cm³/mol. The fourth-order valence-corrected chi connectivity index (χ4v) is 3.07. The summed E-state index contributed by atoms with van der Waals surface area (Å²) >= 11 is 0. The maximum atomic E-state index is 13.7. The van der Waals surface area contributed by atoms with E-state index in [-0.39, 0.29) is 5.69 Å². The van der Waals surface area contributed by atoms with Gasteiger partial charge in [0, 0.05) is 49.2 Å². The second-order valence-electron chi connectivity index (χ2n) is 6.56. The summed E-state index contributed by atoms with van der Waals surface area (Å²) in [7, 11) is 0. The molecule has 1 fully saturated rings. The van der Waals surface area contributed by atoms with Gasteiger partial charge in [0.1, 0.15) is 12.4 Å². The SMILES string of the molecule is Nc1ccc(Nc2ccnc3cc(OCCN4CCOCC4)ncc23)cc1F. The number of pyridine rings is 2. The van der Waals surface area contributed by atoms with Crippen LogP contribution in [0.15, 0.2) is 42.7 Å². The van der Waals surface area contributed by atoms with Crippen LogP contribution in [-0.2, 0) is 4.74 Å². The van der Waals surface area contributed by atoms with E-state index in [9.17, 15) is 4.39 Å². The van der Waals surface area contributed by atoms with Crippen molar-refractivity contribution in [3.63, 3.8) is 0 Å². The lowest BCUT2D eigenvalue weighted by Gasteiger charge is -2.26. The number of morpholine rings is 1. The standard InChI is InChI=1S/C20H22FN5O2/c21-16-11-14(1-2-17(16)22)25-18-3-4-23-19-12-20(24-13-15(18)19)28-10-7-26-5-8-27-9-6-26/h1-4,11-13H,5-10,22H2,(H,23,25). The first-order chi connectivity index (χ1) is 13.7. The number of nitrogens with zero attached hydrogens (tertiary/aromatic N) is 3. The van der Waals surface area contributed by atoms with Crippen LogP contribution in [0.3, 0.4) is 0 Å². The van der Waals surface area contributed by atoms with Gasteiger partial charge in [0.2, 0.25) is 5.88 Å². The number of nitrogen functional groups attached to an aromatic ring is 1. The number of ether oxygens (including phenoxy) is 2. The van der Waals surface area contributed by atoms with Gasteiger partial charge in [0.25, 0.3) is 0 Å². The zero-order chi connectivity index (χ0) is 19.3. The van der Waals surface area contributed by atoms with Gasteiger partial charge in [-0.05, 0) is 24.3 Å². The molecule has 0 amide bonds. The first kappa shape index (κ1) is 18.4. The number of aromatic nitrogens is 2. The summed E-state index contributed by atoms with van der Waals surface area (Å²) in [5.41, 5.74) is 7.78. The number of hydrogen-bond donors (Lipinski definition) is 2. The number of halogens is 1. The first-order valence-corrected chi connectivity index (χ1v) is 9.19. The van der Waals surface area contributed by atoms with Crippen molar-refractivity contribution < 1.29 is 13.9 Å². The van der Waals surface area contributed by atoms with Gasteiger partial charge in [-0.2, -0.15) is 0 Å². The fraction of sp³-hybridized carbons (Fsp3) is 0.300. The van der Waals surface area contributed by atoms with Gasteiger partial charge < -0.3 is 20.5 Å². The van der Waals surface area contributed by atoms with E-state index in [0.29, 0.717) is 18.2 Å².